The zero-order valence-electron chi connectivity index (χ0n) is 19.2. The first-order chi connectivity index (χ1) is 16.7. The molecule has 0 amide bonds. The highest BCUT2D eigenvalue weighted by Gasteiger charge is 2.20. The molecule has 0 spiro atoms. The van der Waals surface area contributed by atoms with E-state index < -0.39 is 19.7 Å². The molecule has 0 atom stereocenters. The van der Waals surface area contributed by atoms with Crippen molar-refractivity contribution >= 4 is 19.7 Å². The maximum absolute atomic E-state index is 13.0. The standard InChI is InChI=1S/C27H24O6S2/c1-20-6-13-25(14-7-20)35(30,31)27-18-11-23(12-19-27)33-22-4-3-5-24(17-10-22)34(28,29)26-15-8-21(32-2)9-16-26/h4-19H,3H2,1-2H3. The molecule has 3 aromatic carbocycles. The summed E-state index contributed by atoms with van der Waals surface area (Å²) in [4.78, 5) is 0.720. The summed E-state index contributed by atoms with van der Waals surface area (Å²) in [6.45, 7) is 1.89. The topological polar surface area (TPSA) is 86.7 Å². The van der Waals surface area contributed by atoms with Gasteiger partial charge in [-0.25, -0.2) is 16.8 Å². The monoisotopic (exact) mass is 508 g/mol. The molecule has 0 aliphatic heterocycles. The largest absolute Gasteiger partial charge is 0.497 e. The van der Waals surface area contributed by atoms with E-state index in [1.165, 1.54) is 37.5 Å². The van der Waals surface area contributed by atoms with E-state index in [0.717, 1.165) is 5.56 Å². The van der Waals surface area contributed by atoms with Crippen molar-refractivity contribution in [2.45, 2.75) is 28.0 Å². The average Bonchev–Trinajstić information content (AvgIpc) is 3.11. The van der Waals surface area contributed by atoms with E-state index in [4.69, 9.17) is 9.47 Å². The van der Waals surface area contributed by atoms with Crippen molar-refractivity contribution in [2.24, 2.45) is 0 Å². The Bertz CT molecular complexity index is 1510. The molecule has 0 saturated carbocycles. The van der Waals surface area contributed by atoms with Gasteiger partial charge in [-0.05, 0) is 92.2 Å². The number of ether oxygens (including phenoxy) is 2. The minimum Gasteiger partial charge on any atom is -0.497 e. The lowest BCUT2D eigenvalue weighted by Crippen LogP contribution is -2.03. The fourth-order valence-corrected chi connectivity index (χ4v) is 6.02. The maximum Gasteiger partial charge on any atom is 0.206 e. The zero-order chi connectivity index (χ0) is 25.1. The molecule has 0 bridgehead atoms. The van der Waals surface area contributed by atoms with Crippen molar-refractivity contribution < 1.29 is 26.3 Å². The van der Waals surface area contributed by atoms with E-state index in [9.17, 15) is 16.8 Å². The predicted molar refractivity (Wildman–Crippen MR) is 134 cm³/mol. The average molecular weight is 509 g/mol. The van der Waals surface area contributed by atoms with Gasteiger partial charge in [0.25, 0.3) is 0 Å². The Kier molecular flexibility index (Phi) is 6.95. The molecular weight excluding hydrogens is 484 g/mol. The first-order valence-corrected chi connectivity index (χ1v) is 13.7. The van der Waals surface area contributed by atoms with E-state index in [2.05, 4.69) is 0 Å². The van der Waals surface area contributed by atoms with Crippen LogP contribution in [0.5, 0.6) is 11.5 Å². The SMILES string of the molecule is COc1ccc(S(=O)(=O)C2=CCC=C(Oc3ccc(S(=O)(=O)c4ccc(C)cc4)cc3)C=C2)cc1. The van der Waals surface area contributed by atoms with Gasteiger partial charge in [0.15, 0.2) is 0 Å². The van der Waals surface area contributed by atoms with Crippen LogP contribution in [0.15, 0.2) is 122 Å². The van der Waals surface area contributed by atoms with Crippen LogP contribution in [0.1, 0.15) is 12.0 Å². The van der Waals surface area contributed by atoms with Crippen molar-refractivity contribution in [3.63, 3.8) is 0 Å². The molecule has 1 aliphatic rings. The van der Waals surface area contributed by atoms with Gasteiger partial charge in [0.05, 0.1) is 26.7 Å². The van der Waals surface area contributed by atoms with E-state index in [1.807, 2.05) is 6.92 Å². The van der Waals surface area contributed by atoms with Gasteiger partial charge in [-0.1, -0.05) is 23.8 Å². The quantitative estimate of drug-likeness (QED) is 0.424. The number of allylic oxidation sites excluding steroid dienone is 4. The fraction of sp³-hybridized carbons (Fsp3) is 0.111. The third-order valence-corrected chi connectivity index (χ3v) is 9.03. The summed E-state index contributed by atoms with van der Waals surface area (Å²) < 4.78 is 62.6. The molecule has 0 radical (unpaired) electrons. The molecule has 0 fully saturated rings. The number of sulfone groups is 2. The van der Waals surface area contributed by atoms with Crippen LogP contribution in [0.4, 0.5) is 0 Å². The smallest absolute Gasteiger partial charge is 0.206 e. The molecule has 8 heteroatoms. The molecule has 3 aromatic rings. The second kappa shape index (κ2) is 9.93. The molecule has 6 nitrogen and oxygen atoms in total. The second-order valence-corrected chi connectivity index (χ2v) is 11.8. The van der Waals surface area contributed by atoms with Crippen molar-refractivity contribution in [3.8, 4) is 11.5 Å². The van der Waals surface area contributed by atoms with Gasteiger partial charge in [-0.15, -0.1) is 0 Å². The Balaban J connectivity index is 1.47. The van der Waals surface area contributed by atoms with E-state index in [-0.39, 0.29) is 19.6 Å². The molecule has 4 rings (SSSR count). The maximum atomic E-state index is 13.0. The van der Waals surface area contributed by atoms with E-state index >= 15 is 0 Å². The van der Waals surface area contributed by atoms with Crippen molar-refractivity contribution in [1.82, 2.24) is 0 Å². The molecule has 1 aliphatic carbocycles. The van der Waals surface area contributed by atoms with Crippen LogP contribution < -0.4 is 9.47 Å². The third-order valence-electron chi connectivity index (χ3n) is 5.43. The van der Waals surface area contributed by atoms with Gasteiger partial charge < -0.3 is 9.47 Å². The Morgan fingerprint density at radius 3 is 1.71 bits per heavy atom. The lowest BCUT2D eigenvalue weighted by molar-refractivity contribution is 0.414. The first kappa shape index (κ1) is 24.5. The number of benzene rings is 3. The van der Waals surface area contributed by atoms with E-state index in [1.54, 1.807) is 66.8 Å². The molecule has 180 valence electrons. The van der Waals surface area contributed by atoms with Crippen LogP contribution in [-0.2, 0) is 19.7 Å². The summed E-state index contributed by atoms with van der Waals surface area (Å²) in [5.41, 5.74) is 0.979. The number of methoxy groups -OCH3 is 1. The van der Waals surface area contributed by atoms with Crippen molar-refractivity contribution in [3.05, 3.63) is 113 Å². The molecule has 0 N–H and O–H groups in total. The molecule has 0 aromatic heterocycles. The van der Waals surface area contributed by atoms with E-state index in [0.29, 0.717) is 23.7 Å². The summed E-state index contributed by atoms with van der Waals surface area (Å²) >= 11 is 0. The zero-order valence-corrected chi connectivity index (χ0v) is 20.8. The van der Waals surface area contributed by atoms with Crippen LogP contribution in [0.2, 0.25) is 0 Å². The van der Waals surface area contributed by atoms with Crippen LogP contribution in [0, 0.1) is 6.92 Å². The Labute approximate surface area is 205 Å². The summed E-state index contributed by atoms with van der Waals surface area (Å²) in [6.07, 6.45) is 6.80. The summed E-state index contributed by atoms with van der Waals surface area (Å²) in [5, 5.41) is 0. The predicted octanol–water partition coefficient (Wildman–Crippen LogP) is 5.42. The van der Waals surface area contributed by atoms with Crippen molar-refractivity contribution in [2.75, 3.05) is 7.11 Å². The highest BCUT2D eigenvalue weighted by atomic mass is 32.2. The lowest BCUT2D eigenvalue weighted by Gasteiger charge is -2.09. The highest BCUT2D eigenvalue weighted by molar-refractivity contribution is 7.95. The normalized spacial score (nSPS) is 14.0. The Hall–Kier alpha value is -3.62. The van der Waals surface area contributed by atoms with Crippen LogP contribution in [0.25, 0.3) is 0 Å². The van der Waals surface area contributed by atoms with Gasteiger partial charge in [-0.3, -0.25) is 0 Å². The first-order valence-electron chi connectivity index (χ1n) is 10.8. The minimum atomic E-state index is -3.69. The molecular formula is C27H24O6S2. The fourth-order valence-electron chi connectivity index (χ4n) is 3.43. The molecule has 0 heterocycles. The van der Waals surface area contributed by atoms with Crippen molar-refractivity contribution in [1.29, 1.82) is 0 Å². The number of hydrogen-bond donors (Lipinski definition) is 0. The van der Waals surface area contributed by atoms with Crippen LogP contribution in [-0.4, -0.2) is 23.9 Å². The van der Waals surface area contributed by atoms with Crippen LogP contribution in [0.3, 0.4) is 0 Å². The number of hydrogen-bond acceptors (Lipinski definition) is 6. The minimum absolute atomic E-state index is 0.161. The van der Waals surface area contributed by atoms with Gasteiger partial charge in [-0.2, -0.15) is 0 Å². The summed E-state index contributed by atoms with van der Waals surface area (Å²) in [6, 6.07) is 19.0. The highest BCUT2D eigenvalue weighted by Crippen LogP contribution is 2.27. The summed E-state index contributed by atoms with van der Waals surface area (Å²) in [7, 11) is -5.81. The Morgan fingerprint density at radius 1 is 0.629 bits per heavy atom. The van der Waals surface area contributed by atoms with Gasteiger partial charge in [0, 0.05) is 0 Å². The number of aryl methyl sites for hydroxylation is 1. The molecule has 0 saturated heterocycles. The molecule has 35 heavy (non-hydrogen) atoms. The second-order valence-electron chi connectivity index (χ2n) is 7.85. The van der Waals surface area contributed by atoms with Gasteiger partial charge >= 0.3 is 0 Å². The molecule has 0 unspecified atom stereocenters. The lowest BCUT2D eigenvalue weighted by atomic mass is 10.2. The Morgan fingerprint density at radius 2 is 1.14 bits per heavy atom. The third kappa shape index (κ3) is 5.39. The van der Waals surface area contributed by atoms with Gasteiger partial charge in [0.2, 0.25) is 19.7 Å². The van der Waals surface area contributed by atoms with Gasteiger partial charge in [0.1, 0.15) is 17.3 Å². The number of rotatable bonds is 7. The van der Waals surface area contributed by atoms with Crippen LogP contribution >= 0.6 is 0 Å². The summed E-state index contributed by atoms with van der Waals surface area (Å²) in [5.74, 6) is 1.46.